The number of nitrogens with zero attached hydrogens (tertiary/aromatic N) is 2. The van der Waals surface area contributed by atoms with Crippen LogP contribution in [-0.2, 0) is 26.5 Å². The first-order valence-corrected chi connectivity index (χ1v) is 23.5. The van der Waals surface area contributed by atoms with E-state index in [1.165, 1.54) is 47.6 Å². The average Bonchev–Trinajstić information content (AvgIpc) is 3.88. The van der Waals surface area contributed by atoms with E-state index in [4.69, 9.17) is 10.8 Å². The molecule has 57 heavy (non-hydrogen) atoms. The first-order valence-electron chi connectivity index (χ1n) is 20.5. The third-order valence-electron chi connectivity index (χ3n) is 11.1. The van der Waals surface area contributed by atoms with Crippen molar-refractivity contribution < 1.29 is 25.9 Å². The largest absolute Gasteiger partial charge is 0.501 e. The molecule has 3 aromatic heterocycles. The van der Waals surface area contributed by atoms with Gasteiger partial charge in [0.05, 0.1) is 13.7 Å². The van der Waals surface area contributed by atoms with Crippen LogP contribution in [0.2, 0.25) is 19.6 Å². The maximum atomic E-state index is 8.61. The molecule has 0 atom stereocenters. The molecule has 0 unspecified atom stereocenters. The second-order valence-corrected chi connectivity index (χ2v) is 21.4. The Labute approximate surface area is 354 Å². The van der Waals surface area contributed by atoms with Gasteiger partial charge < -0.3 is 14.4 Å². The van der Waals surface area contributed by atoms with Gasteiger partial charge in [-0.3, -0.25) is 0 Å². The molecule has 0 amide bonds. The summed E-state index contributed by atoms with van der Waals surface area (Å²) in [6.45, 7) is 10.8. The molecule has 1 saturated carbocycles. The summed E-state index contributed by atoms with van der Waals surface area (Å²) in [6.07, 6.45) is 10.5. The Morgan fingerprint density at radius 1 is 0.719 bits per heavy atom. The monoisotopic (exact) mass is 940 g/mol. The van der Waals surface area contributed by atoms with Crippen molar-refractivity contribution in [1.82, 2.24) is 9.97 Å². The Bertz CT molecular complexity index is 2640. The summed E-state index contributed by atoms with van der Waals surface area (Å²) >= 11 is 0. The van der Waals surface area contributed by atoms with Gasteiger partial charge in [-0.25, -0.2) is 0 Å². The smallest absolute Gasteiger partial charge is 0.121 e. The zero-order valence-electron chi connectivity index (χ0n) is 34.5. The molecule has 1 aliphatic rings. The van der Waals surface area contributed by atoms with E-state index in [-0.39, 0.29) is 20.1 Å². The van der Waals surface area contributed by atoms with Crippen LogP contribution in [0.15, 0.2) is 144 Å². The van der Waals surface area contributed by atoms with Gasteiger partial charge in [0.1, 0.15) is 5.58 Å². The fraction of sp³-hybridized carbons (Fsp3) is 0.231. The number of hydrogen-bond donors (Lipinski definition) is 0. The van der Waals surface area contributed by atoms with Crippen molar-refractivity contribution in [2.24, 2.45) is 5.92 Å². The van der Waals surface area contributed by atoms with E-state index >= 15 is 0 Å². The van der Waals surface area contributed by atoms with Crippen molar-refractivity contribution in [2.75, 3.05) is 0 Å². The molecule has 0 saturated heterocycles. The van der Waals surface area contributed by atoms with E-state index < -0.39 is 14.0 Å². The molecular weight excluding hydrogens is 889 g/mol. The van der Waals surface area contributed by atoms with Gasteiger partial charge in [-0.15, -0.1) is 53.6 Å². The van der Waals surface area contributed by atoms with Crippen molar-refractivity contribution >= 4 is 35.2 Å². The molecule has 0 spiro atoms. The summed E-state index contributed by atoms with van der Waals surface area (Å²) in [5.41, 5.74) is 12.7. The standard InChI is InChI=1S/C29H24NO.C23H26NSi.Ir/c1-2-9-22(10-3-1)23-13-14-24-25-11-6-12-26(29(25)31-28(24)19-23)27-18-21(15-16-30-27)17-20-7-4-5-8-20;1-17(2)21-15-22(24-16-23(21)25(3,4)5)20-13-9-12-19(14-20)18-10-7-6-8-11-18;/h1-3,6,9-11,13-16,18-20H,4-5,7-8,17H2;6-12,14-17H,1-5H3;/q2*-1;/i;17D;. The summed E-state index contributed by atoms with van der Waals surface area (Å²) < 4.78 is 15.0. The van der Waals surface area contributed by atoms with Crippen LogP contribution in [-0.4, -0.2) is 18.0 Å². The second kappa shape index (κ2) is 17.7. The third-order valence-corrected chi connectivity index (χ3v) is 13.1. The van der Waals surface area contributed by atoms with Gasteiger partial charge in [-0.1, -0.05) is 166 Å². The Balaban J connectivity index is 0.000000177. The molecule has 289 valence electrons. The molecule has 0 N–H and O–H groups in total. The number of aromatic nitrogens is 2. The third kappa shape index (κ3) is 9.13. The van der Waals surface area contributed by atoms with Gasteiger partial charge in [0.2, 0.25) is 0 Å². The molecule has 1 fully saturated rings. The Hall–Kier alpha value is -4.93. The van der Waals surface area contributed by atoms with Crippen molar-refractivity contribution in [3.05, 3.63) is 163 Å². The Kier molecular flexibility index (Phi) is 12.1. The molecule has 8 aromatic rings. The van der Waals surface area contributed by atoms with Gasteiger partial charge in [-0.05, 0) is 63.6 Å². The molecule has 3 nitrogen and oxygen atoms in total. The minimum atomic E-state index is -1.57. The van der Waals surface area contributed by atoms with Crippen LogP contribution in [0, 0.1) is 18.1 Å². The normalized spacial score (nSPS) is 13.5. The fourth-order valence-corrected chi connectivity index (χ4v) is 9.65. The van der Waals surface area contributed by atoms with Gasteiger partial charge in [0.25, 0.3) is 0 Å². The molecule has 5 heteroatoms. The summed E-state index contributed by atoms with van der Waals surface area (Å²) in [5, 5.41) is 3.51. The van der Waals surface area contributed by atoms with Crippen LogP contribution >= 0.6 is 0 Å². The summed E-state index contributed by atoms with van der Waals surface area (Å²) in [6, 6.07) is 50.7. The number of fused-ring (bicyclic) bond motifs is 3. The number of hydrogen-bond acceptors (Lipinski definition) is 3. The molecule has 0 bridgehead atoms. The SMILES string of the molecule is [2H]C(C)(C)c1cc(-c2[c-]ccc(-c3ccccc3)c2)ncc1[Si](C)(C)C.[Ir].[c-]1ccc2c(oc3cc(-c4ccccc4)ccc32)c1-c1cc(CC2CCCC2)ccn1. The van der Waals surface area contributed by atoms with E-state index in [1.807, 2.05) is 62.6 Å². The van der Waals surface area contributed by atoms with Crippen LogP contribution in [0.4, 0.5) is 0 Å². The van der Waals surface area contributed by atoms with Crippen LogP contribution in [0.3, 0.4) is 0 Å². The molecule has 5 aromatic carbocycles. The predicted molar refractivity (Wildman–Crippen MR) is 238 cm³/mol. The van der Waals surface area contributed by atoms with Crippen molar-refractivity contribution in [3.63, 3.8) is 0 Å². The van der Waals surface area contributed by atoms with Gasteiger partial charge in [0.15, 0.2) is 0 Å². The quantitative estimate of drug-likeness (QED) is 0.113. The van der Waals surface area contributed by atoms with E-state index in [0.717, 1.165) is 73.5 Å². The maximum Gasteiger partial charge on any atom is 0.121 e. The van der Waals surface area contributed by atoms with Crippen molar-refractivity contribution in [2.45, 2.75) is 71.5 Å². The molecule has 0 aliphatic heterocycles. The first-order chi connectivity index (χ1) is 27.5. The van der Waals surface area contributed by atoms with Crippen LogP contribution < -0.4 is 5.19 Å². The molecule has 1 aliphatic carbocycles. The van der Waals surface area contributed by atoms with E-state index in [0.29, 0.717) is 0 Å². The maximum absolute atomic E-state index is 8.61. The van der Waals surface area contributed by atoms with Gasteiger partial charge in [-0.2, -0.15) is 0 Å². The summed E-state index contributed by atoms with van der Waals surface area (Å²) in [7, 11) is -1.57. The zero-order valence-corrected chi connectivity index (χ0v) is 36.9. The van der Waals surface area contributed by atoms with Crippen LogP contribution in [0.5, 0.6) is 0 Å². The average molecular weight is 940 g/mol. The van der Waals surface area contributed by atoms with Crippen molar-refractivity contribution in [3.8, 4) is 44.8 Å². The number of benzene rings is 5. The molecule has 1 radical (unpaired) electrons. The fourth-order valence-electron chi connectivity index (χ4n) is 8.07. The van der Waals surface area contributed by atoms with Crippen molar-refractivity contribution in [1.29, 1.82) is 0 Å². The Morgan fingerprint density at radius 3 is 2.09 bits per heavy atom. The van der Waals surface area contributed by atoms with E-state index in [1.54, 1.807) is 0 Å². The van der Waals surface area contributed by atoms with E-state index in [9.17, 15) is 0 Å². The molecular formula is C52H50IrN2OSi-2. The summed E-state index contributed by atoms with van der Waals surface area (Å²) in [4.78, 5) is 9.42. The number of furan rings is 1. The van der Waals surface area contributed by atoms with E-state index in [2.05, 4.69) is 128 Å². The zero-order chi connectivity index (χ0) is 39.6. The number of rotatable bonds is 8. The second-order valence-electron chi connectivity index (χ2n) is 16.4. The minimum Gasteiger partial charge on any atom is -0.501 e. The van der Waals surface area contributed by atoms with Gasteiger partial charge in [0, 0.05) is 39.3 Å². The van der Waals surface area contributed by atoms with Crippen LogP contribution in [0.1, 0.15) is 57.9 Å². The minimum absolute atomic E-state index is 0. The Morgan fingerprint density at radius 2 is 1.40 bits per heavy atom. The number of pyridine rings is 2. The molecule has 9 rings (SSSR count). The summed E-state index contributed by atoms with van der Waals surface area (Å²) in [5.74, 6) is 0.169. The van der Waals surface area contributed by atoms with Crippen LogP contribution in [0.25, 0.3) is 66.7 Å². The first kappa shape index (κ1) is 38.9. The predicted octanol–water partition coefficient (Wildman–Crippen LogP) is 13.7. The topological polar surface area (TPSA) is 38.9 Å². The molecule has 3 heterocycles. The van der Waals surface area contributed by atoms with Gasteiger partial charge >= 0.3 is 0 Å².